The molecule has 0 amide bonds. The normalized spacial score (nSPS) is 15.1. The molecule has 0 spiro atoms. The van der Waals surface area contributed by atoms with Gasteiger partial charge in [-0.3, -0.25) is 0 Å². The monoisotopic (exact) mass is 274 g/mol. The van der Waals surface area contributed by atoms with Gasteiger partial charge in [-0.05, 0) is 36.5 Å². The number of hydrogen-bond donors (Lipinski definition) is 0. The van der Waals surface area contributed by atoms with E-state index in [-0.39, 0.29) is 0 Å². The Balaban J connectivity index is 2.56. The topological polar surface area (TPSA) is 0 Å². The van der Waals surface area contributed by atoms with Gasteiger partial charge in [0.15, 0.2) is 0 Å². The molecule has 2 atom stereocenters. The van der Waals surface area contributed by atoms with Crippen LogP contribution in [0.2, 0.25) is 5.02 Å². The fourth-order valence-electron chi connectivity index (χ4n) is 1.52. The molecule has 0 aromatic heterocycles. The Morgan fingerprint density at radius 2 is 1.86 bits per heavy atom. The molecule has 0 radical (unpaired) electrons. The van der Waals surface area contributed by atoms with Crippen LogP contribution in [0.5, 0.6) is 0 Å². The maximum absolute atomic E-state index is 5.83. The molecule has 0 nitrogen and oxygen atoms in total. The largest absolute Gasteiger partial charge is 0.0888 e. The lowest BCUT2D eigenvalue weighted by Crippen LogP contribution is -2.12. The van der Waals surface area contributed by atoms with Crippen molar-refractivity contribution in [2.75, 3.05) is 0 Å². The SMILES string of the molecule is CCC(Br)C(C)Cc1ccc(Cl)cc1. The summed E-state index contributed by atoms with van der Waals surface area (Å²) in [4.78, 5) is 0.609. The first kappa shape index (κ1) is 12.1. The van der Waals surface area contributed by atoms with Crippen molar-refractivity contribution in [3.63, 3.8) is 0 Å². The van der Waals surface area contributed by atoms with E-state index >= 15 is 0 Å². The maximum Gasteiger partial charge on any atom is 0.0406 e. The van der Waals surface area contributed by atoms with Gasteiger partial charge >= 0.3 is 0 Å². The van der Waals surface area contributed by atoms with E-state index in [1.54, 1.807) is 0 Å². The van der Waals surface area contributed by atoms with Gasteiger partial charge in [-0.25, -0.2) is 0 Å². The predicted octanol–water partition coefficient (Wildman–Crippen LogP) is 4.69. The van der Waals surface area contributed by atoms with Gasteiger partial charge in [0.1, 0.15) is 0 Å². The van der Waals surface area contributed by atoms with Crippen molar-refractivity contribution in [3.05, 3.63) is 34.9 Å². The molecule has 0 aliphatic heterocycles. The highest BCUT2D eigenvalue weighted by Gasteiger charge is 2.11. The van der Waals surface area contributed by atoms with E-state index in [1.807, 2.05) is 12.1 Å². The Morgan fingerprint density at radius 1 is 1.29 bits per heavy atom. The predicted molar refractivity (Wildman–Crippen MR) is 67.3 cm³/mol. The van der Waals surface area contributed by atoms with Crippen molar-refractivity contribution in [3.8, 4) is 0 Å². The molecule has 0 N–H and O–H groups in total. The summed E-state index contributed by atoms with van der Waals surface area (Å²) >= 11 is 9.52. The van der Waals surface area contributed by atoms with E-state index in [4.69, 9.17) is 11.6 Å². The molecule has 0 fully saturated rings. The summed E-state index contributed by atoms with van der Waals surface area (Å²) < 4.78 is 0. The summed E-state index contributed by atoms with van der Waals surface area (Å²) in [5, 5.41) is 0.812. The Hall–Kier alpha value is -0.0100. The summed E-state index contributed by atoms with van der Waals surface area (Å²) in [7, 11) is 0. The average molecular weight is 276 g/mol. The van der Waals surface area contributed by atoms with E-state index in [0.29, 0.717) is 10.7 Å². The molecule has 2 heteroatoms. The summed E-state index contributed by atoms with van der Waals surface area (Å²) in [6.45, 7) is 4.48. The summed E-state index contributed by atoms with van der Waals surface area (Å²) in [5.41, 5.74) is 1.36. The van der Waals surface area contributed by atoms with Crippen LogP contribution < -0.4 is 0 Å². The van der Waals surface area contributed by atoms with Gasteiger partial charge in [-0.2, -0.15) is 0 Å². The number of benzene rings is 1. The highest BCUT2D eigenvalue weighted by Crippen LogP contribution is 2.21. The molecule has 78 valence electrons. The summed E-state index contributed by atoms with van der Waals surface area (Å²) in [6.07, 6.45) is 2.29. The minimum atomic E-state index is 0.609. The smallest absolute Gasteiger partial charge is 0.0406 e. The third-order valence-electron chi connectivity index (χ3n) is 2.48. The standard InChI is InChI=1S/C12H16BrCl/c1-3-12(13)9(2)8-10-4-6-11(14)7-5-10/h4-7,9,12H,3,8H2,1-2H3. The second-order valence-corrected chi connectivity index (χ2v) is 5.34. The minimum absolute atomic E-state index is 0.609. The van der Waals surface area contributed by atoms with E-state index in [9.17, 15) is 0 Å². The lowest BCUT2D eigenvalue weighted by molar-refractivity contribution is 0.545. The lowest BCUT2D eigenvalue weighted by atomic mass is 9.97. The van der Waals surface area contributed by atoms with Crippen LogP contribution in [0.1, 0.15) is 25.8 Å². The van der Waals surface area contributed by atoms with Gasteiger partial charge in [-0.1, -0.05) is 53.5 Å². The van der Waals surface area contributed by atoms with E-state index in [2.05, 4.69) is 41.9 Å². The Morgan fingerprint density at radius 3 is 2.36 bits per heavy atom. The zero-order valence-corrected chi connectivity index (χ0v) is 11.0. The maximum atomic E-state index is 5.83. The molecule has 2 unspecified atom stereocenters. The first-order valence-electron chi connectivity index (χ1n) is 5.02. The van der Waals surface area contributed by atoms with Crippen LogP contribution in [-0.4, -0.2) is 4.83 Å². The van der Waals surface area contributed by atoms with Gasteiger partial charge in [0.05, 0.1) is 0 Å². The summed E-state index contributed by atoms with van der Waals surface area (Å²) in [5.74, 6) is 0.668. The van der Waals surface area contributed by atoms with Crippen LogP contribution in [-0.2, 0) is 6.42 Å². The lowest BCUT2D eigenvalue weighted by Gasteiger charge is -2.16. The Bertz CT molecular complexity index is 268. The zero-order chi connectivity index (χ0) is 10.6. The third-order valence-corrected chi connectivity index (χ3v) is 4.28. The van der Waals surface area contributed by atoms with Crippen molar-refractivity contribution in [2.24, 2.45) is 5.92 Å². The second kappa shape index (κ2) is 5.77. The Kier molecular flexibility index (Phi) is 4.97. The third kappa shape index (κ3) is 3.62. The minimum Gasteiger partial charge on any atom is -0.0888 e. The van der Waals surface area contributed by atoms with Crippen molar-refractivity contribution in [1.29, 1.82) is 0 Å². The van der Waals surface area contributed by atoms with Crippen molar-refractivity contribution < 1.29 is 0 Å². The molecule has 1 aromatic carbocycles. The molecule has 1 rings (SSSR count). The molecular formula is C12H16BrCl. The number of alkyl halides is 1. The first-order chi connectivity index (χ1) is 6.63. The van der Waals surface area contributed by atoms with E-state index in [0.717, 1.165) is 11.4 Å². The molecular weight excluding hydrogens is 259 g/mol. The number of hydrogen-bond acceptors (Lipinski definition) is 0. The number of rotatable bonds is 4. The van der Waals surface area contributed by atoms with Gasteiger partial charge in [0.2, 0.25) is 0 Å². The number of halogens is 2. The first-order valence-corrected chi connectivity index (χ1v) is 6.31. The Labute approximate surface area is 99.8 Å². The van der Waals surface area contributed by atoms with E-state index < -0.39 is 0 Å². The van der Waals surface area contributed by atoms with Gasteiger partial charge in [0, 0.05) is 9.85 Å². The molecule has 0 aliphatic carbocycles. The molecule has 14 heavy (non-hydrogen) atoms. The van der Waals surface area contributed by atoms with Crippen LogP contribution in [0.25, 0.3) is 0 Å². The quantitative estimate of drug-likeness (QED) is 0.699. The van der Waals surface area contributed by atoms with Gasteiger partial charge in [-0.15, -0.1) is 0 Å². The molecule has 0 saturated carbocycles. The molecule has 1 aromatic rings. The molecule has 0 heterocycles. The molecule has 0 saturated heterocycles. The van der Waals surface area contributed by atoms with E-state index in [1.165, 1.54) is 12.0 Å². The van der Waals surface area contributed by atoms with Crippen LogP contribution in [0.4, 0.5) is 0 Å². The molecule has 0 aliphatic rings. The fraction of sp³-hybridized carbons (Fsp3) is 0.500. The fourth-order valence-corrected chi connectivity index (χ4v) is 1.84. The highest BCUT2D eigenvalue weighted by atomic mass is 79.9. The summed E-state index contributed by atoms with van der Waals surface area (Å²) in [6, 6.07) is 8.13. The zero-order valence-electron chi connectivity index (χ0n) is 8.63. The van der Waals surface area contributed by atoms with Crippen molar-refractivity contribution in [1.82, 2.24) is 0 Å². The van der Waals surface area contributed by atoms with Crippen LogP contribution >= 0.6 is 27.5 Å². The van der Waals surface area contributed by atoms with Gasteiger partial charge in [0.25, 0.3) is 0 Å². The van der Waals surface area contributed by atoms with Crippen LogP contribution in [0, 0.1) is 5.92 Å². The van der Waals surface area contributed by atoms with Crippen molar-refractivity contribution in [2.45, 2.75) is 31.5 Å². The molecule has 0 bridgehead atoms. The van der Waals surface area contributed by atoms with Gasteiger partial charge < -0.3 is 0 Å². The van der Waals surface area contributed by atoms with Crippen LogP contribution in [0.3, 0.4) is 0 Å². The second-order valence-electron chi connectivity index (χ2n) is 3.73. The average Bonchev–Trinajstić information content (AvgIpc) is 2.20. The van der Waals surface area contributed by atoms with Crippen LogP contribution in [0.15, 0.2) is 24.3 Å². The van der Waals surface area contributed by atoms with Crippen molar-refractivity contribution >= 4 is 27.5 Å². The highest BCUT2D eigenvalue weighted by molar-refractivity contribution is 9.09.